The van der Waals surface area contributed by atoms with Crippen LogP contribution in [-0.2, 0) is 9.53 Å². The van der Waals surface area contributed by atoms with Crippen molar-refractivity contribution in [3.8, 4) is 10.6 Å². The number of nitrogens with zero attached hydrogens (tertiary/aromatic N) is 3. The number of hydrogen-bond acceptors (Lipinski definition) is 7. The van der Waals surface area contributed by atoms with Gasteiger partial charge in [0.1, 0.15) is 10.5 Å². The van der Waals surface area contributed by atoms with Crippen LogP contribution >= 0.6 is 11.3 Å². The Kier molecular flexibility index (Phi) is 5.92. The summed E-state index contributed by atoms with van der Waals surface area (Å²) >= 11 is 1.31. The lowest BCUT2D eigenvalue weighted by molar-refractivity contribution is -0.124. The first-order chi connectivity index (χ1) is 16.0. The molecule has 0 atom stereocenters. The summed E-state index contributed by atoms with van der Waals surface area (Å²) in [6.07, 6.45) is 1.69. The molecule has 5 rings (SSSR count). The average Bonchev–Trinajstić information content (AvgIpc) is 3.54. The smallest absolute Gasteiger partial charge is 0.257 e. The van der Waals surface area contributed by atoms with E-state index in [9.17, 15) is 9.59 Å². The molecule has 1 saturated carbocycles. The van der Waals surface area contributed by atoms with Crippen LogP contribution in [0.15, 0.2) is 48.5 Å². The minimum Gasteiger partial charge on any atom is -0.379 e. The van der Waals surface area contributed by atoms with Crippen LogP contribution in [0.25, 0.3) is 10.6 Å². The van der Waals surface area contributed by atoms with E-state index in [0.717, 1.165) is 42.1 Å². The molecular weight excluding hydrogens is 438 g/mol. The average molecular weight is 464 g/mol. The number of rotatable bonds is 6. The second-order valence-electron chi connectivity index (χ2n) is 8.35. The zero-order valence-electron chi connectivity index (χ0n) is 18.3. The highest BCUT2D eigenvalue weighted by Gasteiger charge is 2.54. The predicted octanol–water partition coefficient (Wildman–Crippen LogP) is 3.57. The lowest BCUT2D eigenvalue weighted by atomic mass is 10.1. The van der Waals surface area contributed by atoms with Crippen molar-refractivity contribution in [3.05, 3.63) is 59.7 Å². The summed E-state index contributed by atoms with van der Waals surface area (Å²) in [5.74, 6) is -0.308. The van der Waals surface area contributed by atoms with E-state index in [2.05, 4.69) is 25.7 Å². The second-order valence-corrected chi connectivity index (χ2v) is 9.32. The molecule has 1 saturated heterocycles. The van der Waals surface area contributed by atoms with E-state index >= 15 is 0 Å². The van der Waals surface area contributed by atoms with Gasteiger partial charge in [0.2, 0.25) is 11.0 Å². The fraction of sp³-hybridized carbons (Fsp3) is 0.333. The Balaban J connectivity index is 1.28. The number of anilines is 2. The molecule has 2 fully saturated rings. The van der Waals surface area contributed by atoms with Crippen LogP contribution in [0.3, 0.4) is 0 Å². The number of ether oxygens (including phenoxy) is 1. The van der Waals surface area contributed by atoms with Crippen molar-refractivity contribution >= 4 is 34.0 Å². The minimum absolute atomic E-state index is 0.0123. The molecule has 2 aromatic carbocycles. The van der Waals surface area contributed by atoms with E-state index in [1.165, 1.54) is 11.3 Å². The van der Waals surface area contributed by atoms with Gasteiger partial charge in [-0.1, -0.05) is 47.7 Å². The maximum absolute atomic E-state index is 13.1. The molecule has 0 unspecified atom stereocenters. The van der Waals surface area contributed by atoms with Crippen molar-refractivity contribution in [2.45, 2.75) is 25.3 Å². The van der Waals surface area contributed by atoms with Crippen molar-refractivity contribution in [3.63, 3.8) is 0 Å². The predicted molar refractivity (Wildman–Crippen MR) is 127 cm³/mol. The largest absolute Gasteiger partial charge is 0.379 e. The minimum atomic E-state index is -0.450. The summed E-state index contributed by atoms with van der Waals surface area (Å²) in [6.45, 7) is 4.76. The Morgan fingerprint density at radius 2 is 1.79 bits per heavy atom. The van der Waals surface area contributed by atoms with Gasteiger partial charge in [-0.3, -0.25) is 19.8 Å². The molecule has 8 nitrogen and oxygen atoms in total. The molecule has 1 aliphatic heterocycles. The first-order valence-electron chi connectivity index (χ1n) is 11.0. The Labute approximate surface area is 196 Å². The molecule has 0 radical (unpaired) electrons. The molecule has 170 valence electrons. The number of amides is 2. The van der Waals surface area contributed by atoms with E-state index in [-0.39, 0.29) is 11.8 Å². The number of hydrogen-bond donors (Lipinski definition) is 2. The monoisotopic (exact) mass is 463 g/mol. The third-order valence-electron chi connectivity index (χ3n) is 6.18. The summed E-state index contributed by atoms with van der Waals surface area (Å²) < 4.78 is 5.43. The quantitative estimate of drug-likeness (QED) is 0.580. The molecular formula is C24H25N5O3S. The molecule has 2 aliphatic rings. The molecule has 3 aromatic rings. The van der Waals surface area contributed by atoms with Gasteiger partial charge in [-0.2, -0.15) is 0 Å². The second kappa shape index (κ2) is 9.01. The van der Waals surface area contributed by atoms with Crippen molar-refractivity contribution < 1.29 is 14.3 Å². The van der Waals surface area contributed by atoms with Gasteiger partial charge in [-0.05, 0) is 37.5 Å². The van der Waals surface area contributed by atoms with Crippen LogP contribution in [0.5, 0.6) is 0 Å². The van der Waals surface area contributed by atoms with Crippen LogP contribution < -0.4 is 10.6 Å². The first kappa shape index (κ1) is 21.7. The van der Waals surface area contributed by atoms with E-state index in [4.69, 9.17) is 4.74 Å². The molecule has 0 bridgehead atoms. The lowest BCUT2D eigenvalue weighted by Crippen LogP contribution is -2.51. The maximum Gasteiger partial charge on any atom is 0.257 e. The van der Waals surface area contributed by atoms with Gasteiger partial charge in [0.05, 0.1) is 13.2 Å². The van der Waals surface area contributed by atoms with Gasteiger partial charge in [0.15, 0.2) is 0 Å². The summed E-state index contributed by atoms with van der Waals surface area (Å²) in [4.78, 5) is 28.2. The van der Waals surface area contributed by atoms with Crippen molar-refractivity contribution in [1.82, 2.24) is 15.1 Å². The maximum atomic E-state index is 13.1. The summed E-state index contributed by atoms with van der Waals surface area (Å²) in [6, 6.07) is 15.0. The van der Waals surface area contributed by atoms with Gasteiger partial charge in [-0.15, -0.1) is 10.2 Å². The van der Waals surface area contributed by atoms with Gasteiger partial charge in [0.25, 0.3) is 5.91 Å². The normalized spacial score (nSPS) is 17.4. The molecule has 1 aliphatic carbocycles. The van der Waals surface area contributed by atoms with Crippen LogP contribution in [0.1, 0.15) is 28.8 Å². The van der Waals surface area contributed by atoms with Crippen molar-refractivity contribution in [2.24, 2.45) is 0 Å². The Morgan fingerprint density at radius 1 is 1.03 bits per heavy atom. The Bertz CT molecular complexity index is 1170. The molecule has 2 heterocycles. The number of carbonyl (C=O) groups is 2. The molecule has 0 spiro atoms. The van der Waals surface area contributed by atoms with Crippen LogP contribution in [0.2, 0.25) is 0 Å². The Hall–Kier alpha value is -3.14. The van der Waals surface area contributed by atoms with Crippen molar-refractivity contribution in [2.75, 3.05) is 36.9 Å². The number of nitrogens with one attached hydrogen (secondary N) is 2. The van der Waals surface area contributed by atoms with Crippen LogP contribution in [-0.4, -0.2) is 58.8 Å². The number of benzene rings is 2. The Morgan fingerprint density at radius 3 is 2.52 bits per heavy atom. The van der Waals surface area contributed by atoms with E-state index in [0.29, 0.717) is 29.6 Å². The van der Waals surface area contributed by atoms with Gasteiger partial charge < -0.3 is 10.1 Å². The fourth-order valence-corrected chi connectivity index (χ4v) is 4.82. The third kappa shape index (κ3) is 4.52. The number of carbonyl (C=O) groups excluding carboxylic acids is 2. The number of morpholine rings is 1. The summed E-state index contributed by atoms with van der Waals surface area (Å²) in [5, 5.41) is 15.3. The highest BCUT2D eigenvalue weighted by molar-refractivity contribution is 7.18. The standard InChI is InChI=1S/C24H25N5O3S/c1-16-7-8-18(20(30)26-23-28-27-21(33-23)17-5-3-2-4-6-17)15-19(16)25-22(31)24(9-10-24)29-11-13-32-14-12-29/h2-8,15H,9-14H2,1H3,(H,25,31)(H,26,28,30). The van der Waals surface area contributed by atoms with Crippen LogP contribution in [0.4, 0.5) is 10.8 Å². The zero-order chi connectivity index (χ0) is 22.8. The first-order valence-corrected chi connectivity index (χ1v) is 11.8. The summed E-state index contributed by atoms with van der Waals surface area (Å²) in [5.41, 5.74) is 2.50. The molecule has 1 aromatic heterocycles. The SMILES string of the molecule is Cc1ccc(C(=O)Nc2nnc(-c3ccccc3)s2)cc1NC(=O)C1(N2CCOCC2)CC1. The van der Waals surface area contributed by atoms with E-state index < -0.39 is 5.54 Å². The topological polar surface area (TPSA) is 96.4 Å². The van der Waals surface area contributed by atoms with Crippen LogP contribution in [0, 0.1) is 6.92 Å². The third-order valence-corrected chi connectivity index (χ3v) is 7.06. The van der Waals surface area contributed by atoms with Gasteiger partial charge in [0, 0.05) is 29.9 Å². The van der Waals surface area contributed by atoms with Gasteiger partial charge >= 0.3 is 0 Å². The van der Waals surface area contributed by atoms with E-state index in [1.54, 1.807) is 12.1 Å². The zero-order valence-corrected chi connectivity index (χ0v) is 19.2. The van der Waals surface area contributed by atoms with E-state index in [1.807, 2.05) is 43.3 Å². The lowest BCUT2D eigenvalue weighted by Gasteiger charge is -2.34. The molecule has 2 N–H and O–H groups in total. The molecule has 9 heteroatoms. The van der Waals surface area contributed by atoms with Crippen molar-refractivity contribution in [1.29, 1.82) is 0 Å². The number of aryl methyl sites for hydroxylation is 1. The highest BCUT2D eigenvalue weighted by atomic mass is 32.1. The van der Waals surface area contributed by atoms with Gasteiger partial charge in [-0.25, -0.2) is 0 Å². The highest BCUT2D eigenvalue weighted by Crippen LogP contribution is 2.43. The summed E-state index contributed by atoms with van der Waals surface area (Å²) in [7, 11) is 0. The molecule has 2 amide bonds. The fourth-order valence-electron chi connectivity index (χ4n) is 4.07. The molecule has 33 heavy (non-hydrogen) atoms. The number of aromatic nitrogens is 2.